The summed E-state index contributed by atoms with van der Waals surface area (Å²) in [6.45, 7) is 3.67. The lowest BCUT2D eigenvalue weighted by molar-refractivity contribution is 0.667. The minimum atomic E-state index is 0.456. The fourth-order valence-corrected chi connectivity index (χ4v) is 3.02. The molecule has 7 heteroatoms. The van der Waals surface area contributed by atoms with Crippen LogP contribution in [0.25, 0.3) is 33.2 Å². The quantitative estimate of drug-likeness (QED) is 0.535. The summed E-state index contributed by atoms with van der Waals surface area (Å²) in [5, 5.41) is 11.3. The zero-order chi connectivity index (χ0) is 16.7. The molecule has 0 unspecified atom stereocenters. The number of rotatable bonds is 4. The number of anilines is 1. The molecule has 0 aliphatic rings. The highest BCUT2D eigenvalue weighted by atomic mass is 15.1. The molecule has 0 fully saturated rings. The van der Waals surface area contributed by atoms with Gasteiger partial charge in [-0.2, -0.15) is 5.10 Å². The predicted octanol–water partition coefficient (Wildman–Crippen LogP) is 2.20. The largest absolute Gasteiger partial charge is 0.382 e. The number of nitrogen functional groups attached to an aromatic ring is 1. The molecule has 1 aromatic carbocycles. The molecule has 4 N–H and O–H groups in total. The minimum Gasteiger partial charge on any atom is -0.382 e. The van der Waals surface area contributed by atoms with Crippen LogP contribution in [0.15, 0.2) is 30.5 Å². The second-order valence-corrected chi connectivity index (χ2v) is 5.76. The van der Waals surface area contributed by atoms with Gasteiger partial charge in [0.2, 0.25) is 0 Å². The van der Waals surface area contributed by atoms with Crippen LogP contribution in [0.2, 0.25) is 0 Å². The van der Waals surface area contributed by atoms with E-state index in [1.807, 2.05) is 19.2 Å². The fourth-order valence-electron chi connectivity index (χ4n) is 3.02. The van der Waals surface area contributed by atoms with Crippen LogP contribution in [0.4, 0.5) is 5.82 Å². The highest BCUT2D eigenvalue weighted by Gasteiger charge is 2.15. The SMILES string of the molecule is CCNCc1nc2c(N)nc3cc(-c4ccn[nH]4)ccc3c2n1C. The highest BCUT2D eigenvalue weighted by Crippen LogP contribution is 2.30. The van der Waals surface area contributed by atoms with Crippen LogP contribution in [0.1, 0.15) is 12.7 Å². The molecule has 0 aliphatic carbocycles. The number of nitrogens with zero attached hydrogens (tertiary/aromatic N) is 4. The molecule has 4 aromatic rings. The van der Waals surface area contributed by atoms with E-state index in [9.17, 15) is 0 Å². The van der Waals surface area contributed by atoms with Gasteiger partial charge in [-0.3, -0.25) is 5.10 Å². The maximum absolute atomic E-state index is 6.17. The van der Waals surface area contributed by atoms with Crippen molar-refractivity contribution in [1.29, 1.82) is 0 Å². The number of hydrogen-bond acceptors (Lipinski definition) is 5. The van der Waals surface area contributed by atoms with Crippen molar-refractivity contribution in [3.05, 3.63) is 36.3 Å². The number of imidazole rings is 1. The average Bonchev–Trinajstić information content (AvgIpc) is 3.22. The second kappa shape index (κ2) is 5.61. The number of pyridine rings is 1. The summed E-state index contributed by atoms with van der Waals surface area (Å²) in [6.07, 6.45) is 1.73. The Balaban J connectivity index is 1.95. The standard InChI is InChI=1S/C17H19N7/c1-3-19-9-14-22-15-16(24(14)2)11-5-4-10(12-6-7-20-23-12)8-13(11)21-17(15)18/h4-8,19H,3,9H2,1-2H3,(H2,18,21)(H,20,23). The molecule has 0 spiro atoms. The Bertz CT molecular complexity index is 1010. The Morgan fingerprint density at radius 3 is 2.88 bits per heavy atom. The normalized spacial score (nSPS) is 11.6. The smallest absolute Gasteiger partial charge is 0.152 e. The maximum atomic E-state index is 6.17. The molecule has 0 radical (unpaired) electrons. The van der Waals surface area contributed by atoms with Crippen LogP contribution < -0.4 is 11.1 Å². The molecule has 0 amide bonds. The number of aryl methyl sites for hydroxylation is 1. The number of benzene rings is 1. The van der Waals surface area contributed by atoms with Gasteiger partial charge >= 0.3 is 0 Å². The molecule has 0 atom stereocenters. The number of aromatic nitrogens is 5. The molecule has 7 nitrogen and oxygen atoms in total. The minimum absolute atomic E-state index is 0.456. The van der Waals surface area contributed by atoms with E-state index in [2.05, 4.69) is 49.1 Å². The Morgan fingerprint density at radius 2 is 2.12 bits per heavy atom. The van der Waals surface area contributed by atoms with Crippen LogP contribution in [-0.4, -0.2) is 31.3 Å². The summed E-state index contributed by atoms with van der Waals surface area (Å²) in [5.74, 6) is 1.41. The number of hydrogen-bond donors (Lipinski definition) is 3. The van der Waals surface area contributed by atoms with Gasteiger partial charge < -0.3 is 15.6 Å². The van der Waals surface area contributed by atoms with Crippen molar-refractivity contribution < 1.29 is 0 Å². The summed E-state index contributed by atoms with van der Waals surface area (Å²) >= 11 is 0. The number of H-pyrrole nitrogens is 1. The summed E-state index contributed by atoms with van der Waals surface area (Å²) in [5.41, 5.74) is 10.8. The summed E-state index contributed by atoms with van der Waals surface area (Å²) in [4.78, 5) is 9.22. The molecular formula is C17H19N7. The first-order valence-corrected chi connectivity index (χ1v) is 7.94. The summed E-state index contributed by atoms with van der Waals surface area (Å²) in [6, 6.07) is 8.08. The lowest BCUT2D eigenvalue weighted by atomic mass is 10.1. The fraction of sp³-hybridized carbons (Fsp3) is 0.235. The lowest BCUT2D eigenvalue weighted by Crippen LogP contribution is -2.15. The van der Waals surface area contributed by atoms with Crippen molar-refractivity contribution in [3.63, 3.8) is 0 Å². The van der Waals surface area contributed by atoms with Gasteiger partial charge in [0, 0.05) is 24.2 Å². The summed E-state index contributed by atoms with van der Waals surface area (Å²) < 4.78 is 2.09. The molecule has 0 bridgehead atoms. The molecule has 24 heavy (non-hydrogen) atoms. The highest BCUT2D eigenvalue weighted by molar-refractivity contribution is 6.07. The van der Waals surface area contributed by atoms with E-state index in [4.69, 9.17) is 5.73 Å². The Labute approximate surface area is 138 Å². The van der Waals surface area contributed by atoms with E-state index in [0.29, 0.717) is 12.4 Å². The van der Waals surface area contributed by atoms with Crippen LogP contribution in [0, 0.1) is 0 Å². The van der Waals surface area contributed by atoms with Crippen molar-refractivity contribution >= 4 is 27.8 Å². The van der Waals surface area contributed by atoms with Crippen molar-refractivity contribution in [2.24, 2.45) is 7.05 Å². The van der Waals surface area contributed by atoms with Crippen molar-refractivity contribution in [3.8, 4) is 11.3 Å². The molecule has 4 rings (SSSR count). The van der Waals surface area contributed by atoms with Gasteiger partial charge in [0.1, 0.15) is 11.3 Å². The Morgan fingerprint density at radius 1 is 1.25 bits per heavy atom. The first-order chi connectivity index (χ1) is 11.7. The monoisotopic (exact) mass is 321 g/mol. The summed E-state index contributed by atoms with van der Waals surface area (Å²) in [7, 11) is 2.02. The van der Waals surface area contributed by atoms with E-state index >= 15 is 0 Å². The van der Waals surface area contributed by atoms with Gasteiger partial charge in [0.15, 0.2) is 5.82 Å². The van der Waals surface area contributed by atoms with Crippen LogP contribution in [-0.2, 0) is 13.6 Å². The third-order valence-electron chi connectivity index (χ3n) is 4.27. The average molecular weight is 321 g/mol. The van der Waals surface area contributed by atoms with Gasteiger partial charge in [-0.05, 0) is 24.7 Å². The number of fused-ring (bicyclic) bond motifs is 3. The van der Waals surface area contributed by atoms with E-state index in [-0.39, 0.29) is 0 Å². The van der Waals surface area contributed by atoms with Gasteiger partial charge in [-0.15, -0.1) is 0 Å². The molecule has 3 aromatic heterocycles. The number of nitrogens with two attached hydrogens (primary N) is 1. The first kappa shape index (κ1) is 14.6. The van der Waals surface area contributed by atoms with E-state index in [0.717, 1.165) is 45.6 Å². The van der Waals surface area contributed by atoms with E-state index in [1.165, 1.54) is 0 Å². The molecule has 3 heterocycles. The van der Waals surface area contributed by atoms with Crippen molar-refractivity contribution in [1.82, 2.24) is 30.0 Å². The number of aromatic amines is 1. The number of nitrogens with one attached hydrogen (secondary N) is 2. The molecule has 0 saturated carbocycles. The van der Waals surface area contributed by atoms with Gasteiger partial charge in [0.25, 0.3) is 0 Å². The van der Waals surface area contributed by atoms with E-state index < -0.39 is 0 Å². The zero-order valence-corrected chi connectivity index (χ0v) is 13.7. The molecular weight excluding hydrogens is 302 g/mol. The van der Waals surface area contributed by atoms with Crippen LogP contribution >= 0.6 is 0 Å². The topological polar surface area (TPSA) is 97.4 Å². The second-order valence-electron chi connectivity index (χ2n) is 5.76. The predicted molar refractivity (Wildman–Crippen MR) is 95.4 cm³/mol. The third kappa shape index (κ3) is 2.21. The Hall–Kier alpha value is -2.93. The van der Waals surface area contributed by atoms with Crippen molar-refractivity contribution in [2.45, 2.75) is 13.5 Å². The van der Waals surface area contributed by atoms with Gasteiger partial charge in [0.05, 0.1) is 23.3 Å². The first-order valence-electron chi connectivity index (χ1n) is 7.94. The van der Waals surface area contributed by atoms with Gasteiger partial charge in [-0.1, -0.05) is 13.0 Å². The van der Waals surface area contributed by atoms with Gasteiger partial charge in [-0.25, -0.2) is 9.97 Å². The molecule has 122 valence electrons. The third-order valence-corrected chi connectivity index (χ3v) is 4.27. The molecule has 0 aliphatic heterocycles. The zero-order valence-electron chi connectivity index (χ0n) is 13.7. The molecule has 0 saturated heterocycles. The Kier molecular flexibility index (Phi) is 3.42. The van der Waals surface area contributed by atoms with Crippen molar-refractivity contribution in [2.75, 3.05) is 12.3 Å². The van der Waals surface area contributed by atoms with Crippen LogP contribution in [0.5, 0.6) is 0 Å². The van der Waals surface area contributed by atoms with Crippen LogP contribution in [0.3, 0.4) is 0 Å². The lowest BCUT2D eigenvalue weighted by Gasteiger charge is -2.07. The maximum Gasteiger partial charge on any atom is 0.152 e. The van der Waals surface area contributed by atoms with E-state index in [1.54, 1.807) is 6.20 Å².